The van der Waals surface area contributed by atoms with Crippen LogP contribution in [0.3, 0.4) is 0 Å². The van der Waals surface area contributed by atoms with E-state index in [2.05, 4.69) is 10.2 Å². The standard InChI is InChI=1S/C18H19N3O2/c1-14(22)21(15(2)23)18(17-11-7-4-8-12-17)20-19-13-16-9-5-3-6-10-16/h3-12,18H,13H2,1-2H3. The summed E-state index contributed by atoms with van der Waals surface area (Å²) >= 11 is 0. The van der Waals surface area contributed by atoms with Gasteiger partial charge in [-0.15, -0.1) is 0 Å². The molecule has 0 aliphatic rings. The molecule has 0 aliphatic heterocycles. The summed E-state index contributed by atoms with van der Waals surface area (Å²) in [5.74, 6) is -0.713. The molecule has 5 nitrogen and oxygen atoms in total. The van der Waals surface area contributed by atoms with E-state index < -0.39 is 6.17 Å². The van der Waals surface area contributed by atoms with E-state index in [1.807, 2.05) is 60.7 Å². The number of carbonyl (C=O) groups excluding carboxylic acids is 2. The molecule has 0 heterocycles. The van der Waals surface area contributed by atoms with Crippen LogP contribution in [-0.4, -0.2) is 16.7 Å². The number of amides is 2. The van der Waals surface area contributed by atoms with Crippen LogP contribution in [-0.2, 0) is 16.1 Å². The Labute approximate surface area is 135 Å². The highest BCUT2D eigenvalue weighted by Gasteiger charge is 2.26. The average molecular weight is 309 g/mol. The Balaban J connectivity index is 2.26. The highest BCUT2D eigenvalue weighted by atomic mass is 16.2. The lowest BCUT2D eigenvalue weighted by molar-refractivity contribution is -0.145. The van der Waals surface area contributed by atoms with Crippen LogP contribution in [0, 0.1) is 0 Å². The van der Waals surface area contributed by atoms with Crippen LogP contribution in [0.5, 0.6) is 0 Å². The molecule has 0 radical (unpaired) electrons. The lowest BCUT2D eigenvalue weighted by Gasteiger charge is -2.24. The Morgan fingerprint density at radius 3 is 1.96 bits per heavy atom. The van der Waals surface area contributed by atoms with E-state index in [1.165, 1.54) is 13.8 Å². The molecule has 2 rings (SSSR count). The minimum Gasteiger partial charge on any atom is -0.275 e. The minimum absolute atomic E-state index is 0.356. The third-order valence-electron chi connectivity index (χ3n) is 3.31. The van der Waals surface area contributed by atoms with Crippen molar-refractivity contribution >= 4 is 11.8 Å². The van der Waals surface area contributed by atoms with E-state index in [9.17, 15) is 9.59 Å². The summed E-state index contributed by atoms with van der Waals surface area (Å²) in [5, 5.41) is 8.42. The summed E-state index contributed by atoms with van der Waals surface area (Å²) in [6.07, 6.45) is -0.741. The molecule has 0 spiro atoms. The molecular weight excluding hydrogens is 290 g/mol. The maximum Gasteiger partial charge on any atom is 0.228 e. The highest BCUT2D eigenvalue weighted by Crippen LogP contribution is 2.23. The maximum absolute atomic E-state index is 11.8. The van der Waals surface area contributed by atoms with Gasteiger partial charge in [0.2, 0.25) is 11.8 Å². The minimum atomic E-state index is -0.741. The zero-order chi connectivity index (χ0) is 16.7. The summed E-state index contributed by atoms with van der Waals surface area (Å²) < 4.78 is 0. The molecule has 0 saturated carbocycles. The van der Waals surface area contributed by atoms with Gasteiger partial charge in [-0.05, 0) is 11.1 Å². The Bertz CT molecular complexity index is 670. The Hall–Kier alpha value is -2.82. The fraction of sp³-hybridized carbons (Fsp3) is 0.222. The fourth-order valence-corrected chi connectivity index (χ4v) is 2.24. The molecule has 2 aromatic carbocycles. The van der Waals surface area contributed by atoms with Crippen LogP contribution in [0.1, 0.15) is 31.1 Å². The van der Waals surface area contributed by atoms with Gasteiger partial charge >= 0.3 is 0 Å². The van der Waals surface area contributed by atoms with Crippen molar-refractivity contribution in [3.05, 3.63) is 71.8 Å². The van der Waals surface area contributed by atoms with E-state index in [4.69, 9.17) is 0 Å². The van der Waals surface area contributed by atoms with E-state index in [-0.39, 0.29) is 11.8 Å². The summed E-state index contributed by atoms with van der Waals surface area (Å²) in [4.78, 5) is 24.8. The zero-order valence-corrected chi connectivity index (χ0v) is 13.2. The number of hydrogen-bond donors (Lipinski definition) is 0. The van der Waals surface area contributed by atoms with Gasteiger partial charge in [0.05, 0.1) is 6.54 Å². The van der Waals surface area contributed by atoms with Gasteiger partial charge in [0.25, 0.3) is 0 Å². The van der Waals surface area contributed by atoms with Crippen molar-refractivity contribution < 1.29 is 9.59 Å². The van der Waals surface area contributed by atoms with Gasteiger partial charge in [0.1, 0.15) is 0 Å². The first kappa shape index (κ1) is 16.5. The van der Waals surface area contributed by atoms with Crippen molar-refractivity contribution in [3.8, 4) is 0 Å². The van der Waals surface area contributed by atoms with Crippen LogP contribution < -0.4 is 0 Å². The van der Waals surface area contributed by atoms with Crippen molar-refractivity contribution in [2.45, 2.75) is 26.6 Å². The molecule has 0 aromatic heterocycles. The second-order valence-corrected chi connectivity index (χ2v) is 5.09. The van der Waals surface area contributed by atoms with Gasteiger partial charge in [0.15, 0.2) is 6.17 Å². The van der Waals surface area contributed by atoms with Gasteiger partial charge in [-0.2, -0.15) is 10.2 Å². The average Bonchev–Trinajstić information content (AvgIpc) is 2.55. The Morgan fingerprint density at radius 1 is 0.913 bits per heavy atom. The third kappa shape index (κ3) is 4.57. The van der Waals surface area contributed by atoms with E-state index in [1.54, 1.807) is 0 Å². The number of carbonyl (C=O) groups is 2. The molecule has 1 atom stereocenters. The van der Waals surface area contributed by atoms with Gasteiger partial charge in [-0.25, -0.2) is 0 Å². The molecule has 0 bridgehead atoms. The second-order valence-electron chi connectivity index (χ2n) is 5.09. The SMILES string of the molecule is CC(=O)N(C(C)=O)C(N=NCc1ccccc1)c1ccccc1. The summed E-state index contributed by atoms with van der Waals surface area (Å²) in [6, 6.07) is 18.9. The molecule has 23 heavy (non-hydrogen) atoms. The first-order chi connectivity index (χ1) is 11.1. The monoisotopic (exact) mass is 309 g/mol. The Kier molecular flexibility index (Phi) is 5.74. The predicted octanol–water partition coefficient (Wildman–Crippen LogP) is 3.73. The molecule has 1 unspecified atom stereocenters. The first-order valence-corrected chi connectivity index (χ1v) is 7.35. The molecule has 2 aromatic rings. The number of benzene rings is 2. The molecule has 2 amide bonds. The summed E-state index contributed by atoms with van der Waals surface area (Å²) in [5.41, 5.74) is 1.76. The number of hydrogen-bond acceptors (Lipinski definition) is 4. The predicted molar refractivity (Wildman–Crippen MR) is 87.4 cm³/mol. The molecule has 0 fully saturated rings. The molecular formula is C18H19N3O2. The van der Waals surface area contributed by atoms with Crippen LogP contribution >= 0.6 is 0 Å². The van der Waals surface area contributed by atoms with Crippen molar-refractivity contribution in [1.82, 2.24) is 4.90 Å². The van der Waals surface area contributed by atoms with Crippen molar-refractivity contribution in [3.63, 3.8) is 0 Å². The summed E-state index contributed by atoms with van der Waals surface area (Å²) in [7, 11) is 0. The number of imide groups is 1. The first-order valence-electron chi connectivity index (χ1n) is 7.35. The van der Waals surface area contributed by atoms with Gasteiger partial charge in [0, 0.05) is 13.8 Å². The molecule has 0 N–H and O–H groups in total. The van der Waals surface area contributed by atoms with Crippen molar-refractivity contribution in [2.75, 3.05) is 0 Å². The smallest absolute Gasteiger partial charge is 0.228 e. The van der Waals surface area contributed by atoms with Crippen LogP contribution in [0.25, 0.3) is 0 Å². The lowest BCUT2D eigenvalue weighted by Crippen LogP contribution is -2.36. The molecule has 118 valence electrons. The normalized spacial score (nSPS) is 12.1. The number of rotatable bonds is 5. The van der Waals surface area contributed by atoms with E-state index in [0.717, 1.165) is 16.0 Å². The van der Waals surface area contributed by atoms with Gasteiger partial charge in [-0.1, -0.05) is 60.7 Å². The largest absolute Gasteiger partial charge is 0.275 e. The number of nitrogens with zero attached hydrogens (tertiary/aromatic N) is 3. The third-order valence-corrected chi connectivity index (χ3v) is 3.31. The maximum atomic E-state index is 11.8. The fourth-order valence-electron chi connectivity index (χ4n) is 2.24. The van der Waals surface area contributed by atoms with Gasteiger partial charge in [-0.3, -0.25) is 14.5 Å². The zero-order valence-electron chi connectivity index (χ0n) is 13.2. The van der Waals surface area contributed by atoms with Crippen LogP contribution in [0.15, 0.2) is 70.9 Å². The Morgan fingerprint density at radius 2 is 1.43 bits per heavy atom. The van der Waals surface area contributed by atoms with Crippen LogP contribution in [0.4, 0.5) is 0 Å². The van der Waals surface area contributed by atoms with E-state index in [0.29, 0.717) is 6.54 Å². The lowest BCUT2D eigenvalue weighted by atomic mass is 10.1. The van der Waals surface area contributed by atoms with Crippen molar-refractivity contribution in [1.29, 1.82) is 0 Å². The molecule has 0 saturated heterocycles. The quantitative estimate of drug-likeness (QED) is 0.790. The van der Waals surface area contributed by atoms with Crippen molar-refractivity contribution in [2.24, 2.45) is 10.2 Å². The topological polar surface area (TPSA) is 62.1 Å². The summed E-state index contributed by atoms with van der Waals surface area (Å²) in [6.45, 7) is 3.10. The van der Waals surface area contributed by atoms with E-state index >= 15 is 0 Å². The van der Waals surface area contributed by atoms with Crippen LogP contribution in [0.2, 0.25) is 0 Å². The van der Waals surface area contributed by atoms with Gasteiger partial charge < -0.3 is 0 Å². The molecule has 5 heteroatoms. The molecule has 0 aliphatic carbocycles. The second kappa shape index (κ2) is 7.98. The highest BCUT2D eigenvalue weighted by molar-refractivity contribution is 5.93. The number of azo groups is 1.